The lowest BCUT2D eigenvalue weighted by Crippen LogP contribution is -2.32. The molecule has 0 bridgehead atoms. The van der Waals surface area contributed by atoms with Gasteiger partial charge in [-0.2, -0.15) is 0 Å². The second-order valence-corrected chi connectivity index (χ2v) is 7.01. The highest BCUT2D eigenvalue weighted by Crippen LogP contribution is 2.14. The van der Waals surface area contributed by atoms with Crippen molar-refractivity contribution in [2.75, 3.05) is 0 Å². The summed E-state index contributed by atoms with van der Waals surface area (Å²) in [6.07, 6.45) is 2.19. The Kier molecular flexibility index (Phi) is 6.16. The number of carbonyl (C=O) groups is 1. The Morgan fingerprint density at radius 3 is 2.33 bits per heavy atom. The van der Waals surface area contributed by atoms with Crippen LogP contribution < -0.4 is 0 Å². The first-order chi connectivity index (χ1) is 11.3. The fourth-order valence-electron chi connectivity index (χ4n) is 2.13. The van der Waals surface area contributed by atoms with Crippen LogP contribution in [-0.2, 0) is 16.0 Å². The molecule has 0 aliphatic carbocycles. The van der Waals surface area contributed by atoms with Crippen LogP contribution >= 0.6 is 11.6 Å². The number of esters is 1. The fraction of sp³-hybridized carbons (Fsp3) is 0.300. The molecule has 0 N–H and O–H groups in total. The predicted molar refractivity (Wildman–Crippen MR) is 98.8 cm³/mol. The summed E-state index contributed by atoms with van der Waals surface area (Å²) in [5.41, 5.74) is 1.39. The van der Waals surface area contributed by atoms with Crippen molar-refractivity contribution in [3.8, 4) is 0 Å². The predicted octanol–water partition coefficient (Wildman–Crippen LogP) is 4.71. The third-order valence-electron chi connectivity index (χ3n) is 3.22. The molecule has 2 aromatic carbocycles. The van der Waals surface area contributed by atoms with Gasteiger partial charge in [0.05, 0.1) is 0 Å². The van der Waals surface area contributed by atoms with Gasteiger partial charge in [0.25, 0.3) is 0 Å². The van der Waals surface area contributed by atoms with Gasteiger partial charge in [0, 0.05) is 17.7 Å². The molecule has 0 amide bonds. The fourth-order valence-corrected chi connectivity index (χ4v) is 2.25. The summed E-state index contributed by atoms with van der Waals surface area (Å²) in [4.78, 5) is 16.9. The minimum atomic E-state index is -0.581. The van der Waals surface area contributed by atoms with Crippen molar-refractivity contribution in [1.82, 2.24) is 0 Å². The maximum Gasteiger partial charge on any atom is 0.331 e. The standard InChI is InChI=1S/C20H22ClNO2/c1-20(2,3)24-19(23)18(13-15-7-5-4-6-8-15)22-14-16-9-11-17(21)12-10-16/h4-12,14,18H,13H2,1-3H3/t18-/m1/s1. The third-order valence-corrected chi connectivity index (χ3v) is 3.48. The highest BCUT2D eigenvalue weighted by molar-refractivity contribution is 6.30. The van der Waals surface area contributed by atoms with E-state index in [9.17, 15) is 4.79 Å². The van der Waals surface area contributed by atoms with Crippen molar-refractivity contribution in [2.45, 2.75) is 38.8 Å². The van der Waals surface area contributed by atoms with Gasteiger partial charge in [-0.15, -0.1) is 0 Å². The number of halogens is 1. The molecule has 0 unspecified atom stereocenters. The lowest BCUT2D eigenvalue weighted by atomic mass is 10.1. The zero-order valence-corrected chi connectivity index (χ0v) is 15.0. The number of rotatable bonds is 5. The van der Waals surface area contributed by atoms with Crippen molar-refractivity contribution in [1.29, 1.82) is 0 Å². The van der Waals surface area contributed by atoms with E-state index in [4.69, 9.17) is 16.3 Å². The van der Waals surface area contributed by atoms with Gasteiger partial charge in [0.2, 0.25) is 0 Å². The van der Waals surface area contributed by atoms with E-state index in [0.717, 1.165) is 11.1 Å². The molecular weight excluding hydrogens is 322 g/mol. The van der Waals surface area contributed by atoms with Crippen LogP contribution in [0, 0.1) is 0 Å². The number of carbonyl (C=O) groups excluding carboxylic acids is 1. The summed E-state index contributed by atoms with van der Waals surface area (Å²) in [5.74, 6) is -0.323. The molecule has 0 aliphatic rings. The average molecular weight is 344 g/mol. The molecule has 24 heavy (non-hydrogen) atoms. The Balaban J connectivity index is 2.18. The number of benzene rings is 2. The topological polar surface area (TPSA) is 38.7 Å². The van der Waals surface area contributed by atoms with E-state index < -0.39 is 11.6 Å². The van der Waals surface area contributed by atoms with E-state index in [1.165, 1.54) is 0 Å². The lowest BCUT2D eigenvalue weighted by Gasteiger charge is -2.22. The van der Waals surface area contributed by atoms with E-state index in [2.05, 4.69) is 4.99 Å². The zero-order chi connectivity index (χ0) is 17.6. The van der Waals surface area contributed by atoms with Crippen molar-refractivity contribution in [3.63, 3.8) is 0 Å². The second-order valence-electron chi connectivity index (χ2n) is 6.57. The Morgan fingerprint density at radius 2 is 1.75 bits per heavy atom. The minimum Gasteiger partial charge on any atom is -0.458 e. The van der Waals surface area contributed by atoms with Crippen LogP contribution in [0.2, 0.25) is 5.02 Å². The third kappa shape index (κ3) is 6.17. The molecule has 0 heterocycles. The highest BCUT2D eigenvalue weighted by atomic mass is 35.5. The molecule has 0 saturated heterocycles. The Bertz CT molecular complexity index is 688. The van der Waals surface area contributed by atoms with Crippen molar-refractivity contribution in [3.05, 3.63) is 70.7 Å². The molecule has 0 aromatic heterocycles. The smallest absolute Gasteiger partial charge is 0.331 e. The molecule has 0 fully saturated rings. The van der Waals surface area contributed by atoms with Crippen molar-refractivity contribution in [2.24, 2.45) is 4.99 Å². The maximum atomic E-state index is 12.5. The van der Waals surface area contributed by atoms with E-state index in [1.54, 1.807) is 18.3 Å². The van der Waals surface area contributed by atoms with Crippen LogP contribution in [0.25, 0.3) is 0 Å². The van der Waals surface area contributed by atoms with Crippen LogP contribution in [0.1, 0.15) is 31.9 Å². The molecule has 0 spiro atoms. The van der Waals surface area contributed by atoms with Gasteiger partial charge in [-0.05, 0) is 44.0 Å². The molecule has 4 heteroatoms. The Labute approximate surface area is 148 Å². The first-order valence-electron chi connectivity index (χ1n) is 7.89. The Hall–Kier alpha value is -2.13. The van der Waals surface area contributed by atoms with Gasteiger partial charge < -0.3 is 4.74 Å². The summed E-state index contributed by atoms with van der Waals surface area (Å²) in [5, 5.41) is 0.667. The van der Waals surface area contributed by atoms with Crippen LogP contribution in [0.15, 0.2) is 59.6 Å². The molecule has 3 nitrogen and oxygen atoms in total. The molecular formula is C20H22ClNO2. The minimum absolute atomic E-state index is 0.323. The monoisotopic (exact) mass is 343 g/mol. The van der Waals surface area contributed by atoms with Crippen LogP contribution in [0.5, 0.6) is 0 Å². The molecule has 126 valence electrons. The van der Waals surface area contributed by atoms with Gasteiger partial charge in [0.15, 0.2) is 6.04 Å². The van der Waals surface area contributed by atoms with Crippen molar-refractivity contribution < 1.29 is 9.53 Å². The van der Waals surface area contributed by atoms with Crippen molar-refractivity contribution >= 4 is 23.8 Å². The van der Waals surface area contributed by atoms with E-state index in [1.807, 2.05) is 63.2 Å². The van der Waals surface area contributed by atoms with Crippen LogP contribution in [0.3, 0.4) is 0 Å². The molecule has 2 rings (SSSR count). The van der Waals surface area contributed by atoms with Gasteiger partial charge in [-0.25, -0.2) is 4.79 Å². The summed E-state index contributed by atoms with van der Waals surface area (Å²) in [7, 11) is 0. The number of hydrogen-bond acceptors (Lipinski definition) is 3. The normalized spacial score (nSPS) is 13.0. The maximum absolute atomic E-state index is 12.5. The lowest BCUT2D eigenvalue weighted by molar-refractivity contribution is -0.156. The summed E-state index contributed by atoms with van der Waals surface area (Å²) in [6, 6.07) is 16.5. The number of hydrogen-bond donors (Lipinski definition) is 0. The number of aliphatic imine (C=N–C) groups is 1. The van der Waals surface area contributed by atoms with E-state index in [0.29, 0.717) is 11.4 Å². The molecule has 0 aliphatic heterocycles. The largest absolute Gasteiger partial charge is 0.458 e. The van der Waals surface area contributed by atoms with E-state index >= 15 is 0 Å². The summed E-state index contributed by atoms with van der Waals surface area (Å²) in [6.45, 7) is 5.56. The highest BCUT2D eigenvalue weighted by Gasteiger charge is 2.24. The summed E-state index contributed by atoms with van der Waals surface area (Å²) < 4.78 is 5.51. The second kappa shape index (κ2) is 8.11. The first-order valence-corrected chi connectivity index (χ1v) is 8.27. The van der Waals surface area contributed by atoms with Gasteiger partial charge in [0.1, 0.15) is 5.60 Å². The SMILES string of the molecule is CC(C)(C)OC(=O)[C@@H](Cc1ccccc1)N=Cc1ccc(Cl)cc1. The van der Waals surface area contributed by atoms with Crippen LogP contribution in [-0.4, -0.2) is 23.8 Å². The molecule has 0 radical (unpaired) electrons. The van der Waals surface area contributed by atoms with Gasteiger partial charge >= 0.3 is 5.97 Å². The molecule has 2 aromatic rings. The Morgan fingerprint density at radius 1 is 1.12 bits per heavy atom. The number of ether oxygens (including phenoxy) is 1. The molecule has 0 saturated carbocycles. The van der Waals surface area contributed by atoms with Gasteiger partial charge in [-0.1, -0.05) is 54.1 Å². The van der Waals surface area contributed by atoms with Crippen LogP contribution in [0.4, 0.5) is 0 Å². The molecule has 1 atom stereocenters. The quantitative estimate of drug-likeness (QED) is 0.582. The van der Waals surface area contributed by atoms with Gasteiger partial charge in [-0.3, -0.25) is 4.99 Å². The average Bonchev–Trinajstić information content (AvgIpc) is 2.52. The first kappa shape index (κ1) is 18.2. The van der Waals surface area contributed by atoms with E-state index in [-0.39, 0.29) is 5.97 Å². The zero-order valence-electron chi connectivity index (χ0n) is 14.2. The number of nitrogens with zero attached hydrogens (tertiary/aromatic N) is 1. The summed E-state index contributed by atoms with van der Waals surface area (Å²) >= 11 is 5.89.